The van der Waals surface area contributed by atoms with Gasteiger partial charge in [-0.05, 0) is 23.4 Å². The Morgan fingerprint density at radius 3 is 3.12 bits per heavy atom. The molecule has 24 heavy (non-hydrogen) atoms. The molecule has 0 aromatic carbocycles. The number of fused-ring (bicyclic) bond motifs is 1. The fraction of sp³-hybridized carbons (Fsp3) is 0.545. The maximum atomic E-state index is 15.0. The number of allylic oxidation sites excluding steroid dienone is 1. The molecule has 0 radical (unpaired) electrons. The van der Waals surface area contributed by atoms with Crippen molar-refractivity contribution in [1.29, 1.82) is 0 Å². The third-order valence-electron chi connectivity index (χ3n) is 3.65. The van der Waals surface area contributed by atoms with Crippen LogP contribution < -0.4 is 5.32 Å². The summed E-state index contributed by atoms with van der Waals surface area (Å²) in [5.41, 5.74) is 7.35. The lowest BCUT2D eigenvalue weighted by Gasteiger charge is -2.38. The molecule has 3 aliphatic rings. The molecule has 0 bridgehead atoms. The lowest BCUT2D eigenvalue weighted by Crippen LogP contribution is -2.49. The van der Waals surface area contributed by atoms with Crippen molar-refractivity contribution in [2.24, 2.45) is 5.11 Å². The van der Waals surface area contributed by atoms with Gasteiger partial charge in [-0.1, -0.05) is 11.7 Å². The number of urea groups is 1. The van der Waals surface area contributed by atoms with Gasteiger partial charge in [-0.2, -0.15) is 0 Å². The Hall–Kier alpha value is -1.52. The number of nitrogens with zero attached hydrogens (tertiary/aromatic N) is 4. The number of rotatable bonds is 3. The minimum atomic E-state index is -3.18. The highest BCUT2D eigenvalue weighted by Crippen LogP contribution is 2.59. The summed E-state index contributed by atoms with van der Waals surface area (Å²) in [6.45, 7) is 0.0406. The Morgan fingerprint density at radius 2 is 2.50 bits per heavy atom. The third-order valence-corrected chi connectivity index (χ3v) is 6.05. The lowest BCUT2D eigenvalue weighted by molar-refractivity contribution is -0.138. The largest absolute Gasteiger partial charge is 0.337 e. The molecule has 0 aromatic heterocycles. The van der Waals surface area contributed by atoms with E-state index in [0.29, 0.717) is 5.70 Å². The van der Waals surface area contributed by atoms with Gasteiger partial charge in [0.2, 0.25) is 5.72 Å². The summed E-state index contributed by atoms with van der Waals surface area (Å²) in [5.74, 6) is 0. The molecule has 2 fully saturated rings. The number of nitrogens with one attached hydrogen (secondary N) is 1. The Morgan fingerprint density at radius 1 is 1.75 bits per heavy atom. The Labute approximate surface area is 141 Å². The monoisotopic (exact) mass is 377 g/mol. The second-order valence-electron chi connectivity index (χ2n) is 5.09. The molecule has 1 unspecified atom stereocenters. The van der Waals surface area contributed by atoms with Crippen LogP contribution in [0.15, 0.2) is 29.7 Å². The van der Waals surface area contributed by atoms with E-state index >= 15 is 0 Å². The van der Waals surface area contributed by atoms with Gasteiger partial charge < -0.3 is 19.1 Å². The van der Waals surface area contributed by atoms with Crippen LogP contribution in [0.5, 0.6) is 0 Å². The SMILES string of the molecule is C=C1C=CN([C@@H]2O[C@]3(N=[N+]=[N-])COP(=S)(OC)O[C@H]3[C@H]2F)C(=O)N1. The maximum absolute atomic E-state index is 15.0. The lowest BCUT2D eigenvalue weighted by atomic mass is 10.1. The van der Waals surface area contributed by atoms with Crippen molar-refractivity contribution in [2.75, 3.05) is 13.7 Å². The van der Waals surface area contributed by atoms with Crippen molar-refractivity contribution in [1.82, 2.24) is 10.2 Å². The van der Waals surface area contributed by atoms with Gasteiger partial charge in [0.05, 0.1) is 6.61 Å². The molecule has 5 atom stereocenters. The van der Waals surface area contributed by atoms with E-state index in [9.17, 15) is 9.18 Å². The molecule has 0 spiro atoms. The molecule has 3 heterocycles. The van der Waals surface area contributed by atoms with Gasteiger partial charge in [0.15, 0.2) is 12.4 Å². The van der Waals surface area contributed by atoms with Gasteiger partial charge in [0.1, 0.15) is 6.10 Å². The first-order chi connectivity index (χ1) is 11.3. The second kappa shape index (κ2) is 6.08. The topological polar surface area (TPSA) is 118 Å². The first-order valence-electron chi connectivity index (χ1n) is 6.67. The number of carbonyl (C=O) groups excluding carboxylic acids is 1. The Kier molecular flexibility index (Phi) is 4.39. The summed E-state index contributed by atoms with van der Waals surface area (Å²) >= 11 is 5.07. The maximum Gasteiger partial charge on any atom is 0.328 e. The average Bonchev–Trinajstić information content (AvgIpc) is 2.81. The molecular formula is C11H13FN5O5PS. The number of alkyl halides is 1. The van der Waals surface area contributed by atoms with Crippen LogP contribution >= 0.6 is 6.72 Å². The second-order valence-corrected chi connectivity index (χ2v) is 8.16. The molecule has 130 valence electrons. The zero-order chi connectivity index (χ0) is 17.5. The van der Waals surface area contributed by atoms with Crippen molar-refractivity contribution < 1.29 is 27.5 Å². The first-order valence-corrected chi connectivity index (χ1v) is 9.23. The van der Waals surface area contributed by atoms with E-state index in [2.05, 4.69) is 21.9 Å². The number of ether oxygens (including phenoxy) is 1. The fourth-order valence-corrected chi connectivity index (χ4v) is 4.10. The van der Waals surface area contributed by atoms with E-state index in [1.165, 1.54) is 19.4 Å². The molecular weight excluding hydrogens is 364 g/mol. The molecule has 0 aromatic rings. The van der Waals surface area contributed by atoms with Gasteiger partial charge in [-0.15, -0.1) is 0 Å². The molecule has 0 aliphatic carbocycles. The highest BCUT2D eigenvalue weighted by molar-refractivity contribution is 8.07. The first kappa shape index (κ1) is 17.3. The van der Waals surface area contributed by atoms with Crippen molar-refractivity contribution in [3.8, 4) is 0 Å². The van der Waals surface area contributed by atoms with Crippen LogP contribution in [0.1, 0.15) is 0 Å². The van der Waals surface area contributed by atoms with Crippen LogP contribution in [0, 0.1) is 0 Å². The van der Waals surface area contributed by atoms with E-state index in [4.69, 9.17) is 35.6 Å². The quantitative estimate of drug-likeness (QED) is 0.348. The number of amides is 2. The van der Waals surface area contributed by atoms with Crippen molar-refractivity contribution >= 4 is 24.6 Å². The van der Waals surface area contributed by atoms with Crippen molar-refractivity contribution in [3.63, 3.8) is 0 Å². The highest BCUT2D eigenvalue weighted by atomic mass is 32.5. The number of azide groups is 1. The van der Waals surface area contributed by atoms with E-state index in [0.717, 1.165) is 4.90 Å². The van der Waals surface area contributed by atoms with E-state index in [1.54, 1.807) is 0 Å². The van der Waals surface area contributed by atoms with Gasteiger partial charge in [0, 0.05) is 23.9 Å². The summed E-state index contributed by atoms with van der Waals surface area (Å²) < 4.78 is 36.2. The van der Waals surface area contributed by atoms with Gasteiger partial charge >= 0.3 is 12.7 Å². The summed E-state index contributed by atoms with van der Waals surface area (Å²) in [7, 11) is 1.27. The van der Waals surface area contributed by atoms with Crippen LogP contribution in [0.2, 0.25) is 0 Å². The van der Waals surface area contributed by atoms with Crippen LogP contribution in [-0.4, -0.2) is 48.9 Å². The van der Waals surface area contributed by atoms with Gasteiger partial charge in [-0.25, -0.2) is 9.18 Å². The van der Waals surface area contributed by atoms with Crippen LogP contribution in [0.25, 0.3) is 10.4 Å². The van der Waals surface area contributed by atoms with E-state index < -0.39 is 37.0 Å². The van der Waals surface area contributed by atoms with E-state index in [-0.39, 0.29) is 6.61 Å². The zero-order valence-electron chi connectivity index (χ0n) is 12.4. The Balaban J connectivity index is 1.95. The molecule has 13 heteroatoms. The van der Waals surface area contributed by atoms with Crippen LogP contribution in [0.4, 0.5) is 9.18 Å². The zero-order valence-corrected chi connectivity index (χ0v) is 14.1. The van der Waals surface area contributed by atoms with E-state index in [1.807, 2.05) is 0 Å². The van der Waals surface area contributed by atoms with Crippen LogP contribution in [-0.2, 0) is 30.1 Å². The Bertz CT molecular complexity index is 715. The fourth-order valence-electron chi connectivity index (χ4n) is 2.51. The molecule has 3 aliphatic heterocycles. The molecule has 2 saturated heterocycles. The molecule has 2 amide bonds. The molecule has 1 N–H and O–H groups in total. The standard InChI is InChI=1S/C11H13FN5O5PS/c1-6-3-4-17(10(18)14-6)9-7(12)8-11(21-9,15-16-13)5-20-23(24,19-2)22-8/h3-4,7-9H,1,5H2,2H3,(H,14,18)/t7-,8+,9-,11-,23?/m1/s1. The van der Waals surface area contributed by atoms with Gasteiger partial charge in [0.25, 0.3) is 0 Å². The van der Waals surface area contributed by atoms with Gasteiger partial charge in [-0.3, -0.25) is 9.42 Å². The number of carbonyl (C=O) groups is 1. The average molecular weight is 377 g/mol. The molecule has 0 saturated carbocycles. The summed E-state index contributed by atoms with van der Waals surface area (Å²) in [5, 5.41) is 5.92. The smallest absolute Gasteiger partial charge is 0.328 e. The molecule has 10 nitrogen and oxygen atoms in total. The predicted octanol–water partition coefficient (Wildman–Crippen LogP) is 2.03. The summed E-state index contributed by atoms with van der Waals surface area (Å²) in [6.07, 6.45) is -1.83. The van der Waals surface area contributed by atoms with Crippen molar-refractivity contribution in [3.05, 3.63) is 35.0 Å². The number of hydrogen-bond donors (Lipinski definition) is 1. The third kappa shape index (κ3) is 2.72. The summed E-state index contributed by atoms with van der Waals surface area (Å²) in [6, 6.07) is -0.642. The predicted molar refractivity (Wildman–Crippen MR) is 82.4 cm³/mol. The molecule has 3 rings (SSSR count). The number of hydrogen-bond acceptors (Lipinski definition) is 7. The number of halogens is 1. The minimum Gasteiger partial charge on any atom is -0.337 e. The van der Waals surface area contributed by atoms with Crippen LogP contribution in [0.3, 0.4) is 0 Å². The van der Waals surface area contributed by atoms with Crippen molar-refractivity contribution in [2.45, 2.75) is 24.2 Å². The summed E-state index contributed by atoms with van der Waals surface area (Å²) in [4.78, 5) is 15.7. The highest BCUT2D eigenvalue weighted by Gasteiger charge is 2.63. The minimum absolute atomic E-state index is 0.348. The normalized spacial score (nSPS) is 41.6.